The summed E-state index contributed by atoms with van der Waals surface area (Å²) < 4.78 is 5.53. The highest BCUT2D eigenvalue weighted by Crippen LogP contribution is 2.31. The Morgan fingerprint density at radius 1 is 1.33 bits per heavy atom. The third kappa shape index (κ3) is 3.09. The Morgan fingerprint density at radius 2 is 2.19 bits per heavy atom. The summed E-state index contributed by atoms with van der Waals surface area (Å²) in [6.07, 6.45) is 3.64. The van der Waals surface area contributed by atoms with Crippen molar-refractivity contribution in [2.45, 2.75) is 12.6 Å². The molecule has 1 N–H and O–H groups in total. The Kier molecular flexibility index (Phi) is 4.22. The summed E-state index contributed by atoms with van der Waals surface area (Å²) >= 11 is 0. The minimum Gasteiger partial charge on any atom is -0.496 e. The van der Waals surface area contributed by atoms with Gasteiger partial charge in [-0.05, 0) is 13.1 Å². The quantitative estimate of drug-likeness (QED) is 0.932. The van der Waals surface area contributed by atoms with Gasteiger partial charge in [0, 0.05) is 43.6 Å². The van der Waals surface area contributed by atoms with Gasteiger partial charge in [-0.25, -0.2) is 4.98 Å². The van der Waals surface area contributed by atoms with E-state index in [0.717, 1.165) is 31.9 Å². The Bertz CT molecular complexity index is 569. The van der Waals surface area contributed by atoms with Crippen molar-refractivity contribution < 1.29 is 4.74 Å². The van der Waals surface area contributed by atoms with Crippen LogP contribution in [0.2, 0.25) is 0 Å². The lowest BCUT2D eigenvalue weighted by Gasteiger charge is -2.39. The Hall–Kier alpha value is -1.85. The van der Waals surface area contributed by atoms with E-state index in [1.807, 2.05) is 18.3 Å². The number of aromatic amines is 1. The molecule has 0 aliphatic carbocycles. The van der Waals surface area contributed by atoms with Gasteiger partial charge in [0.05, 0.1) is 19.5 Å². The monoisotopic (exact) mass is 286 g/mol. The molecule has 2 aromatic rings. The van der Waals surface area contributed by atoms with Crippen molar-refractivity contribution in [3.63, 3.8) is 0 Å². The maximum atomic E-state index is 5.53. The number of rotatable bonds is 4. The average molecular weight is 286 g/mol. The SMILES string of the molecule is COc1ccccc1[C@@H]1CN(Cc2cnc[nH]2)CCN1C. The maximum absolute atomic E-state index is 5.53. The summed E-state index contributed by atoms with van der Waals surface area (Å²) in [5, 5.41) is 0. The molecule has 1 atom stereocenters. The van der Waals surface area contributed by atoms with Crippen LogP contribution in [0.15, 0.2) is 36.8 Å². The number of imidazole rings is 1. The summed E-state index contributed by atoms with van der Waals surface area (Å²) in [6.45, 7) is 4.04. The molecule has 0 unspecified atom stereocenters. The molecule has 5 nitrogen and oxygen atoms in total. The van der Waals surface area contributed by atoms with E-state index in [1.165, 1.54) is 11.3 Å². The van der Waals surface area contributed by atoms with Gasteiger partial charge in [0.15, 0.2) is 0 Å². The summed E-state index contributed by atoms with van der Waals surface area (Å²) in [4.78, 5) is 12.1. The molecule has 0 bridgehead atoms. The van der Waals surface area contributed by atoms with Crippen LogP contribution < -0.4 is 4.74 Å². The highest BCUT2D eigenvalue weighted by Gasteiger charge is 2.27. The lowest BCUT2D eigenvalue weighted by Crippen LogP contribution is -2.46. The van der Waals surface area contributed by atoms with Crippen LogP contribution in [-0.2, 0) is 6.54 Å². The molecule has 3 rings (SSSR count). The van der Waals surface area contributed by atoms with Crippen LogP contribution in [0.3, 0.4) is 0 Å². The molecule has 112 valence electrons. The first-order valence-corrected chi connectivity index (χ1v) is 7.30. The third-order valence-corrected chi connectivity index (χ3v) is 4.18. The molecule has 1 aromatic carbocycles. The number of piperazine rings is 1. The van der Waals surface area contributed by atoms with Crippen LogP contribution in [0.25, 0.3) is 0 Å². The standard InChI is InChI=1S/C16H22N4O/c1-19-7-8-20(10-13-9-17-12-18-13)11-15(19)14-5-3-4-6-16(14)21-2/h3-6,9,12,15H,7-8,10-11H2,1-2H3,(H,17,18)/t15-/m0/s1. The highest BCUT2D eigenvalue weighted by molar-refractivity contribution is 5.36. The third-order valence-electron chi connectivity index (χ3n) is 4.18. The molecule has 0 saturated carbocycles. The van der Waals surface area contributed by atoms with Gasteiger partial charge in [-0.1, -0.05) is 18.2 Å². The van der Waals surface area contributed by atoms with E-state index in [1.54, 1.807) is 13.4 Å². The number of hydrogen-bond acceptors (Lipinski definition) is 4. The number of hydrogen-bond donors (Lipinski definition) is 1. The minimum absolute atomic E-state index is 0.359. The first-order chi connectivity index (χ1) is 10.3. The Balaban J connectivity index is 1.77. The first-order valence-electron chi connectivity index (χ1n) is 7.30. The van der Waals surface area contributed by atoms with Crippen molar-refractivity contribution in [2.75, 3.05) is 33.8 Å². The van der Waals surface area contributed by atoms with Crippen LogP contribution in [0.5, 0.6) is 5.75 Å². The second-order valence-electron chi connectivity index (χ2n) is 5.55. The van der Waals surface area contributed by atoms with Crippen LogP contribution >= 0.6 is 0 Å². The molecule has 21 heavy (non-hydrogen) atoms. The molecular weight excluding hydrogens is 264 g/mol. The first kappa shape index (κ1) is 14.1. The number of nitrogens with one attached hydrogen (secondary N) is 1. The van der Waals surface area contributed by atoms with Crippen LogP contribution in [0, 0.1) is 0 Å². The van der Waals surface area contributed by atoms with Crippen molar-refractivity contribution in [3.05, 3.63) is 48.0 Å². The molecule has 2 heterocycles. The van der Waals surface area contributed by atoms with Crippen molar-refractivity contribution >= 4 is 0 Å². The number of para-hydroxylation sites is 1. The second kappa shape index (κ2) is 6.28. The molecule has 1 saturated heterocycles. The normalized spacial score (nSPS) is 20.6. The van der Waals surface area contributed by atoms with Crippen molar-refractivity contribution in [1.82, 2.24) is 19.8 Å². The number of likely N-dealkylation sites (N-methyl/N-ethyl adjacent to an activating group) is 1. The Labute approximate surface area is 125 Å². The van der Waals surface area contributed by atoms with Gasteiger partial charge in [0.2, 0.25) is 0 Å². The van der Waals surface area contributed by atoms with Crippen molar-refractivity contribution in [1.29, 1.82) is 0 Å². The molecule has 1 fully saturated rings. The molecular formula is C16H22N4O. The van der Waals surface area contributed by atoms with Crippen LogP contribution in [0.1, 0.15) is 17.3 Å². The van der Waals surface area contributed by atoms with Crippen molar-refractivity contribution in [2.24, 2.45) is 0 Å². The summed E-state index contributed by atoms with van der Waals surface area (Å²) in [5.41, 5.74) is 2.43. The van der Waals surface area contributed by atoms with E-state index < -0.39 is 0 Å². The van der Waals surface area contributed by atoms with Gasteiger partial charge < -0.3 is 9.72 Å². The van der Waals surface area contributed by atoms with Crippen LogP contribution in [-0.4, -0.2) is 53.6 Å². The molecule has 0 radical (unpaired) electrons. The molecule has 1 aliphatic rings. The maximum Gasteiger partial charge on any atom is 0.123 e. The van der Waals surface area contributed by atoms with E-state index in [2.05, 4.69) is 38.9 Å². The largest absolute Gasteiger partial charge is 0.496 e. The van der Waals surface area contributed by atoms with Gasteiger partial charge in [0.1, 0.15) is 5.75 Å². The zero-order chi connectivity index (χ0) is 14.7. The fourth-order valence-electron chi connectivity index (χ4n) is 2.96. The summed E-state index contributed by atoms with van der Waals surface area (Å²) in [6, 6.07) is 8.67. The Morgan fingerprint density at radius 3 is 2.95 bits per heavy atom. The molecule has 1 aromatic heterocycles. The summed E-state index contributed by atoms with van der Waals surface area (Å²) in [7, 11) is 3.93. The van der Waals surface area contributed by atoms with Gasteiger partial charge >= 0.3 is 0 Å². The lowest BCUT2D eigenvalue weighted by atomic mass is 10.0. The number of H-pyrrole nitrogens is 1. The fourth-order valence-corrected chi connectivity index (χ4v) is 2.96. The smallest absolute Gasteiger partial charge is 0.123 e. The van der Waals surface area contributed by atoms with Gasteiger partial charge in [0.25, 0.3) is 0 Å². The van der Waals surface area contributed by atoms with E-state index in [9.17, 15) is 0 Å². The van der Waals surface area contributed by atoms with Gasteiger partial charge in [-0.3, -0.25) is 9.80 Å². The molecule has 5 heteroatoms. The zero-order valence-electron chi connectivity index (χ0n) is 12.6. The van der Waals surface area contributed by atoms with Crippen molar-refractivity contribution in [3.8, 4) is 5.75 Å². The summed E-state index contributed by atoms with van der Waals surface area (Å²) in [5.74, 6) is 0.970. The van der Waals surface area contributed by atoms with Gasteiger partial charge in [-0.2, -0.15) is 0 Å². The van der Waals surface area contributed by atoms with E-state index >= 15 is 0 Å². The molecule has 1 aliphatic heterocycles. The van der Waals surface area contributed by atoms with E-state index in [-0.39, 0.29) is 0 Å². The van der Waals surface area contributed by atoms with Crippen LogP contribution in [0.4, 0.5) is 0 Å². The zero-order valence-corrected chi connectivity index (χ0v) is 12.6. The molecule has 0 amide bonds. The topological polar surface area (TPSA) is 44.4 Å². The average Bonchev–Trinajstić information content (AvgIpc) is 3.02. The fraction of sp³-hybridized carbons (Fsp3) is 0.438. The predicted molar refractivity (Wildman–Crippen MR) is 82.2 cm³/mol. The minimum atomic E-state index is 0.359. The number of benzene rings is 1. The van der Waals surface area contributed by atoms with E-state index in [0.29, 0.717) is 6.04 Å². The lowest BCUT2D eigenvalue weighted by molar-refractivity contribution is 0.0882. The van der Waals surface area contributed by atoms with Gasteiger partial charge in [-0.15, -0.1) is 0 Å². The number of methoxy groups -OCH3 is 1. The predicted octanol–water partition coefficient (Wildman–Crippen LogP) is 1.91. The number of ether oxygens (including phenoxy) is 1. The van der Waals surface area contributed by atoms with E-state index in [4.69, 9.17) is 4.74 Å². The number of nitrogens with zero attached hydrogens (tertiary/aromatic N) is 3. The second-order valence-corrected chi connectivity index (χ2v) is 5.55. The number of aromatic nitrogens is 2. The highest BCUT2D eigenvalue weighted by atomic mass is 16.5. The molecule has 0 spiro atoms.